The van der Waals surface area contributed by atoms with E-state index in [-0.39, 0.29) is 0 Å². The van der Waals surface area contributed by atoms with Gasteiger partial charge >= 0.3 is 6.18 Å². The van der Waals surface area contributed by atoms with E-state index in [1.807, 2.05) is 53.1 Å². The van der Waals surface area contributed by atoms with Crippen LogP contribution in [0.25, 0.3) is 32.6 Å². The minimum Gasteiger partial charge on any atom is -0.493 e. The highest BCUT2D eigenvalue weighted by molar-refractivity contribution is 6.22. The van der Waals surface area contributed by atoms with E-state index in [1.54, 1.807) is 20.3 Å². The number of fused-ring (bicyclic) bond motifs is 5. The number of aromatic nitrogens is 1. The Bertz CT molecular complexity index is 1570. The first-order chi connectivity index (χ1) is 17.9. The zero-order chi connectivity index (χ0) is 26.2. The van der Waals surface area contributed by atoms with Crippen LogP contribution < -0.4 is 14.2 Å². The molecule has 0 aliphatic rings. The summed E-state index contributed by atoms with van der Waals surface area (Å²) in [4.78, 5) is 0. The lowest BCUT2D eigenvalue weighted by atomic mass is 10.0. The second-order valence-corrected chi connectivity index (χ2v) is 9.03. The van der Waals surface area contributed by atoms with Crippen LogP contribution in [0.5, 0.6) is 17.2 Å². The zero-order valence-corrected chi connectivity index (χ0v) is 21.0. The van der Waals surface area contributed by atoms with Crippen LogP contribution in [0.1, 0.15) is 30.9 Å². The van der Waals surface area contributed by atoms with Crippen molar-refractivity contribution in [3.05, 3.63) is 77.9 Å². The van der Waals surface area contributed by atoms with Crippen molar-refractivity contribution in [3.8, 4) is 17.2 Å². The smallest absolute Gasteiger partial charge is 0.416 e. The topological polar surface area (TPSA) is 32.6 Å². The predicted octanol–water partition coefficient (Wildman–Crippen LogP) is 8.36. The van der Waals surface area contributed by atoms with E-state index in [0.717, 1.165) is 51.5 Å². The van der Waals surface area contributed by atoms with Crippen LogP contribution in [0.2, 0.25) is 0 Å². The van der Waals surface area contributed by atoms with Gasteiger partial charge in [0.25, 0.3) is 0 Å². The molecule has 4 nitrogen and oxygen atoms in total. The number of nitrogens with zero attached hydrogens (tertiary/aromatic N) is 1. The average Bonchev–Trinajstić information content (AvgIpc) is 3.22. The van der Waals surface area contributed by atoms with Gasteiger partial charge in [0, 0.05) is 34.3 Å². The Labute approximate surface area is 213 Å². The van der Waals surface area contributed by atoms with Crippen LogP contribution in [0.3, 0.4) is 0 Å². The third kappa shape index (κ3) is 4.54. The molecule has 0 unspecified atom stereocenters. The maximum atomic E-state index is 13.7. The lowest BCUT2D eigenvalue weighted by Gasteiger charge is -2.15. The Balaban J connectivity index is 1.84. The molecule has 0 atom stereocenters. The van der Waals surface area contributed by atoms with E-state index in [2.05, 4.69) is 6.92 Å². The molecule has 1 heterocycles. The minimum atomic E-state index is -4.43. The molecule has 0 aliphatic carbocycles. The quantitative estimate of drug-likeness (QED) is 0.212. The summed E-state index contributed by atoms with van der Waals surface area (Å²) in [6, 6.07) is 19.5. The van der Waals surface area contributed by atoms with Crippen LogP contribution in [0.15, 0.2) is 66.7 Å². The van der Waals surface area contributed by atoms with Gasteiger partial charge in [-0.1, -0.05) is 49.7 Å². The molecule has 37 heavy (non-hydrogen) atoms. The molecule has 1 aromatic heterocycles. The highest BCUT2D eigenvalue weighted by Gasteiger charge is 2.31. The summed E-state index contributed by atoms with van der Waals surface area (Å²) in [5.41, 5.74) is 1.72. The molecule has 0 amide bonds. The summed E-state index contributed by atoms with van der Waals surface area (Å²) >= 11 is 0. The Morgan fingerprint density at radius 2 is 1.46 bits per heavy atom. The number of hydrogen-bond donors (Lipinski definition) is 0. The molecule has 5 rings (SSSR count). The monoisotopic (exact) mass is 507 g/mol. The molecule has 0 bridgehead atoms. The van der Waals surface area contributed by atoms with E-state index < -0.39 is 11.7 Å². The fraction of sp³-hybridized carbons (Fsp3) is 0.267. The first-order valence-electron chi connectivity index (χ1n) is 12.2. The molecular weight excluding hydrogens is 479 g/mol. The van der Waals surface area contributed by atoms with Crippen LogP contribution >= 0.6 is 0 Å². The summed E-state index contributed by atoms with van der Waals surface area (Å²) in [7, 11) is 3.14. The fourth-order valence-electron chi connectivity index (χ4n) is 4.88. The van der Waals surface area contributed by atoms with Crippen molar-refractivity contribution in [2.45, 2.75) is 39.1 Å². The summed E-state index contributed by atoms with van der Waals surface area (Å²) in [6.07, 6.45) is -2.68. The normalized spacial score (nSPS) is 11.9. The van der Waals surface area contributed by atoms with Gasteiger partial charge in [-0.15, -0.1) is 0 Å². The molecule has 0 saturated heterocycles. The summed E-state index contributed by atoms with van der Waals surface area (Å²) in [5.74, 6) is 1.72. The fourth-order valence-corrected chi connectivity index (χ4v) is 4.88. The van der Waals surface area contributed by atoms with Crippen LogP contribution in [-0.2, 0) is 19.3 Å². The molecule has 4 aromatic carbocycles. The lowest BCUT2D eigenvalue weighted by molar-refractivity contribution is -0.137. The summed E-state index contributed by atoms with van der Waals surface area (Å²) in [6.45, 7) is 3.01. The second-order valence-electron chi connectivity index (χ2n) is 9.03. The standard InChI is InChI=1S/C30H28F3NO3/c1-4-5-13-34-24-14-20(30(31,32)33)11-12-21(24)29-23-16-28(36-3)27(35-2)15-22(23)26(17-25(29)34)37-18-19-9-7-6-8-10-19/h6-12,14-17H,4-5,13,18H2,1-3H3. The van der Waals surface area contributed by atoms with Gasteiger partial charge in [-0.2, -0.15) is 13.2 Å². The molecular formula is C30H28F3NO3. The van der Waals surface area contributed by atoms with Gasteiger partial charge < -0.3 is 18.8 Å². The third-order valence-corrected chi connectivity index (χ3v) is 6.73. The second kappa shape index (κ2) is 9.88. The number of benzene rings is 4. The highest BCUT2D eigenvalue weighted by atomic mass is 19.4. The van der Waals surface area contributed by atoms with Crippen molar-refractivity contribution in [3.63, 3.8) is 0 Å². The van der Waals surface area contributed by atoms with Crippen LogP contribution in [-0.4, -0.2) is 18.8 Å². The van der Waals surface area contributed by atoms with Crippen molar-refractivity contribution in [1.82, 2.24) is 4.57 Å². The molecule has 192 valence electrons. The van der Waals surface area contributed by atoms with E-state index >= 15 is 0 Å². The molecule has 0 aliphatic heterocycles. The number of ether oxygens (including phenoxy) is 3. The molecule has 5 aromatic rings. The number of alkyl halides is 3. The number of methoxy groups -OCH3 is 2. The van der Waals surface area contributed by atoms with Gasteiger partial charge in [0.2, 0.25) is 0 Å². The molecule has 0 spiro atoms. The highest BCUT2D eigenvalue weighted by Crippen LogP contribution is 2.45. The minimum absolute atomic E-state index is 0.350. The van der Waals surface area contributed by atoms with Crippen molar-refractivity contribution in [2.75, 3.05) is 14.2 Å². The van der Waals surface area contributed by atoms with Gasteiger partial charge in [0.05, 0.1) is 25.3 Å². The van der Waals surface area contributed by atoms with Gasteiger partial charge in [-0.05, 0) is 41.6 Å². The molecule has 0 fully saturated rings. The van der Waals surface area contributed by atoms with E-state index in [1.165, 1.54) is 6.07 Å². The SMILES string of the molecule is CCCCn1c2cc(C(F)(F)F)ccc2c2c3cc(OC)c(OC)cc3c(OCc3ccccc3)cc21. The van der Waals surface area contributed by atoms with Crippen molar-refractivity contribution in [1.29, 1.82) is 0 Å². The largest absolute Gasteiger partial charge is 0.493 e. The van der Waals surface area contributed by atoms with Crippen molar-refractivity contribution < 1.29 is 27.4 Å². The van der Waals surface area contributed by atoms with Crippen molar-refractivity contribution in [2.24, 2.45) is 0 Å². The number of halogens is 3. The molecule has 0 saturated carbocycles. The van der Waals surface area contributed by atoms with Crippen LogP contribution in [0.4, 0.5) is 13.2 Å². The summed E-state index contributed by atoms with van der Waals surface area (Å²) < 4.78 is 60.4. The number of unbranched alkanes of at least 4 members (excludes halogenated alkanes) is 1. The first kappa shape index (κ1) is 24.8. The third-order valence-electron chi connectivity index (χ3n) is 6.73. The maximum absolute atomic E-state index is 13.7. The number of aryl methyl sites for hydroxylation is 1. The lowest BCUT2D eigenvalue weighted by Crippen LogP contribution is -2.05. The maximum Gasteiger partial charge on any atom is 0.416 e. The van der Waals surface area contributed by atoms with Crippen molar-refractivity contribution >= 4 is 32.6 Å². The van der Waals surface area contributed by atoms with Gasteiger partial charge in [0.1, 0.15) is 12.4 Å². The molecule has 7 heteroatoms. The zero-order valence-electron chi connectivity index (χ0n) is 21.0. The van der Waals surface area contributed by atoms with E-state index in [9.17, 15) is 13.2 Å². The van der Waals surface area contributed by atoms with E-state index in [0.29, 0.717) is 35.9 Å². The predicted molar refractivity (Wildman–Crippen MR) is 141 cm³/mol. The Kier molecular flexibility index (Phi) is 6.63. The van der Waals surface area contributed by atoms with Gasteiger partial charge in [0.15, 0.2) is 11.5 Å². The Hall–Kier alpha value is -3.87. The summed E-state index contributed by atoms with van der Waals surface area (Å²) in [5, 5.41) is 3.25. The van der Waals surface area contributed by atoms with E-state index in [4.69, 9.17) is 14.2 Å². The first-order valence-corrected chi connectivity index (χ1v) is 12.2. The number of hydrogen-bond acceptors (Lipinski definition) is 3. The van der Waals surface area contributed by atoms with Crippen LogP contribution in [0, 0.1) is 0 Å². The Morgan fingerprint density at radius 1 is 0.757 bits per heavy atom. The molecule has 0 radical (unpaired) electrons. The van der Waals surface area contributed by atoms with Gasteiger partial charge in [-0.25, -0.2) is 0 Å². The van der Waals surface area contributed by atoms with Gasteiger partial charge in [-0.3, -0.25) is 0 Å². The molecule has 0 N–H and O–H groups in total. The number of rotatable bonds is 8. The Morgan fingerprint density at radius 3 is 2.11 bits per heavy atom. The average molecular weight is 508 g/mol.